The SMILES string of the molecule is Cc1nnc(N2CCS(=O)CC2)c(CN)c1C. The van der Waals surface area contributed by atoms with Gasteiger partial charge in [0.05, 0.1) is 5.69 Å². The first kappa shape index (κ1) is 12.4. The maximum atomic E-state index is 11.3. The third-order valence-electron chi connectivity index (χ3n) is 3.24. The van der Waals surface area contributed by atoms with Crippen molar-refractivity contribution in [2.45, 2.75) is 20.4 Å². The largest absolute Gasteiger partial charge is 0.353 e. The van der Waals surface area contributed by atoms with Gasteiger partial charge in [-0.2, -0.15) is 5.10 Å². The molecule has 17 heavy (non-hydrogen) atoms. The van der Waals surface area contributed by atoms with Gasteiger partial charge in [0, 0.05) is 47.5 Å². The van der Waals surface area contributed by atoms with Crippen LogP contribution in [0.1, 0.15) is 16.8 Å². The van der Waals surface area contributed by atoms with Crippen molar-refractivity contribution in [1.29, 1.82) is 0 Å². The standard InChI is InChI=1S/C11H18N4OS/c1-8-9(2)13-14-11(10(8)7-12)15-3-5-17(16)6-4-15/h3-7,12H2,1-2H3. The summed E-state index contributed by atoms with van der Waals surface area (Å²) in [5.41, 5.74) is 8.90. The first-order valence-electron chi connectivity index (χ1n) is 5.76. The minimum atomic E-state index is -0.674. The van der Waals surface area contributed by atoms with Gasteiger partial charge < -0.3 is 10.6 Å². The summed E-state index contributed by atoms with van der Waals surface area (Å²) in [4.78, 5) is 2.14. The van der Waals surface area contributed by atoms with Gasteiger partial charge in [-0.1, -0.05) is 0 Å². The number of anilines is 1. The van der Waals surface area contributed by atoms with E-state index >= 15 is 0 Å². The number of rotatable bonds is 2. The normalized spacial score (nSPS) is 17.5. The van der Waals surface area contributed by atoms with E-state index in [0.29, 0.717) is 18.1 Å². The molecule has 0 bridgehead atoms. The Hall–Kier alpha value is -1.01. The molecular formula is C11H18N4OS. The lowest BCUT2D eigenvalue weighted by Gasteiger charge is -2.29. The third kappa shape index (κ3) is 2.47. The van der Waals surface area contributed by atoms with Gasteiger partial charge in [0.1, 0.15) is 0 Å². The number of aryl methyl sites for hydroxylation is 1. The summed E-state index contributed by atoms with van der Waals surface area (Å²) in [6.45, 7) is 5.99. The van der Waals surface area contributed by atoms with Crippen molar-refractivity contribution in [1.82, 2.24) is 10.2 Å². The van der Waals surface area contributed by atoms with Crippen LogP contribution < -0.4 is 10.6 Å². The Bertz CT molecular complexity index is 439. The number of nitrogens with zero attached hydrogens (tertiary/aromatic N) is 3. The molecule has 94 valence electrons. The fourth-order valence-corrected chi connectivity index (χ4v) is 3.04. The lowest BCUT2D eigenvalue weighted by Crippen LogP contribution is -2.39. The van der Waals surface area contributed by atoms with Crippen LogP contribution >= 0.6 is 0 Å². The molecule has 0 atom stereocenters. The van der Waals surface area contributed by atoms with Gasteiger partial charge >= 0.3 is 0 Å². The topological polar surface area (TPSA) is 72.1 Å². The minimum Gasteiger partial charge on any atom is -0.353 e. The van der Waals surface area contributed by atoms with Gasteiger partial charge in [0.2, 0.25) is 0 Å². The fraction of sp³-hybridized carbons (Fsp3) is 0.636. The summed E-state index contributed by atoms with van der Waals surface area (Å²) < 4.78 is 11.3. The maximum Gasteiger partial charge on any atom is 0.156 e. The van der Waals surface area contributed by atoms with E-state index in [2.05, 4.69) is 15.1 Å². The van der Waals surface area contributed by atoms with Gasteiger partial charge in [-0.25, -0.2) is 0 Å². The molecule has 0 saturated carbocycles. The lowest BCUT2D eigenvalue weighted by molar-refractivity contribution is 0.670. The smallest absolute Gasteiger partial charge is 0.156 e. The zero-order valence-electron chi connectivity index (χ0n) is 10.3. The summed E-state index contributed by atoms with van der Waals surface area (Å²) in [5, 5.41) is 8.41. The van der Waals surface area contributed by atoms with Crippen LogP contribution in [0, 0.1) is 13.8 Å². The Balaban J connectivity index is 2.32. The number of nitrogens with two attached hydrogens (primary N) is 1. The van der Waals surface area contributed by atoms with Crippen LogP contribution in [0.2, 0.25) is 0 Å². The highest BCUT2D eigenvalue weighted by Gasteiger charge is 2.20. The maximum absolute atomic E-state index is 11.3. The summed E-state index contributed by atoms with van der Waals surface area (Å²) in [5.74, 6) is 2.28. The number of hydrogen-bond donors (Lipinski definition) is 1. The van der Waals surface area contributed by atoms with Crippen LogP contribution in [-0.2, 0) is 17.3 Å². The van der Waals surface area contributed by atoms with E-state index in [1.165, 1.54) is 0 Å². The molecule has 0 amide bonds. The van der Waals surface area contributed by atoms with Crippen molar-refractivity contribution in [3.8, 4) is 0 Å². The van der Waals surface area contributed by atoms with Gasteiger partial charge in [-0.05, 0) is 19.4 Å². The summed E-state index contributed by atoms with van der Waals surface area (Å²) in [7, 11) is -0.674. The highest BCUT2D eigenvalue weighted by molar-refractivity contribution is 7.85. The molecule has 1 aromatic rings. The summed E-state index contributed by atoms with van der Waals surface area (Å²) >= 11 is 0. The Morgan fingerprint density at radius 2 is 1.94 bits per heavy atom. The molecule has 1 fully saturated rings. The van der Waals surface area contributed by atoms with Gasteiger partial charge in [0.15, 0.2) is 5.82 Å². The highest BCUT2D eigenvalue weighted by atomic mass is 32.2. The van der Waals surface area contributed by atoms with Crippen LogP contribution in [0.5, 0.6) is 0 Å². The number of aromatic nitrogens is 2. The van der Waals surface area contributed by atoms with E-state index in [4.69, 9.17) is 5.73 Å². The van der Waals surface area contributed by atoms with E-state index in [-0.39, 0.29) is 0 Å². The van der Waals surface area contributed by atoms with Crippen molar-refractivity contribution in [3.63, 3.8) is 0 Å². The summed E-state index contributed by atoms with van der Waals surface area (Å²) in [6.07, 6.45) is 0. The van der Waals surface area contributed by atoms with E-state index < -0.39 is 10.8 Å². The predicted octanol–water partition coefficient (Wildman–Crippen LogP) is 0.121. The first-order chi connectivity index (χ1) is 8.13. The Morgan fingerprint density at radius 1 is 1.29 bits per heavy atom. The molecule has 1 saturated heterocycles. The van der Waals surface area contributed by atoms with Crippen molar-refractivity contribution < 1.29 is 4.21 Å². The molecule has 1 aliphatic rings. The highest BCUT2D eigenvalue weighted by Crippen LogP contribution is 2.22. The van der Waals surface area contributed by atoms with Crippen LogP contribution in [-0.4, -0.2) is 39.0 Å². The van der Waals surface area contributed by atoms with Crippen LogP contribution in [0.15, 0.2) is 0 Å². The molecule has 0 radical (unpaired) electrons. The molecule has 0 spiro atoms. The molecule has 2 N–H and O–H groups in total. The molecule has 1 aliphatic heterocycles. The molecule has 6 heteroatoms. The molecule has 0 aliphatic carbocycles. The number of hydrogen-bond acceptors (Lipinski definition) is 5. The zero-order valence-corrected chi connectivity index (χ0v) is 11.1. The Labute approximate surface area is 104 Å². The van der Waals surface area contributed by atoms with Crippen molar-refractivity contribution in [2.75, 3.05) is 29.5 Å². The Morgan fingerprint density at radius 3 is 2.53 bits per heavy atom. The lowest BCUT2D eigenvalue weighted by atomic mass is 10.1. The predicted molar refractivity (Wildman–Crippen MR) is 69.5 cm³/mol. The average Bonchev–Trinajstić information content (AvgIpc) is 2.34. The second-order valence-corrected chi connectivity index (χ2v) is 5.95. The van der Waals surface area contributed by atoms with Gasteiger partial charge in [-0.3, -0.25) is 4.21 Å². The van der Waals surface area contributed by atoms with Gasteiger partial charge in [0.25, 0.3) is 0 Å². The second-order valence-electron chi connectivity index (χ2n) is 4.25. The molecule has 0 aromatic carbocycles. The molecule has 0 unspecified atom stereocenters. The van der Waals surface area contributed by atoms with Crippen LogP contribution in [0.25, 0.3) is 0 Å². The zero-order chi connectivity index (χ0) is 12.4. The second kappa shape index (κ2) is 5.10. The first-order valence-corrected chi connectivity index (χ1v) is 7.25. The van der Waals surface area contributed by atoms with Crippen molar-refractivity contribution in [2.24, 2.45) is 5.73 Å². The van der Waals surface area contributed by atoms with E-state index in [9.17, 15) is 4.21 Å². The minimum absolute atomic E-state index is 0.469. The van der Waals surface area contributed by atoms with Gasteiger partial charge in [-0.15, -0.1) is 5.10 Å². The molecule has 2 rings (SSSR count). The summed E-state index contributed by atoms with van der Waals surface area (Å²) in [6, 6.07) is 0. The third-order valence-corrected chi connectivity index (χ3v) is 4.52. The van der Waals surface area contributed by atoms with Crippen LogP contribution in [0.4, 0.5) is 5.82 Å². The van der Waals surface area contributed by atoms with E-state index in [0.717, 1.165) is 35.7 Å². The molecule has 2 heterocycles. The van der Waals surface area contributed by atoms with E-state index in [1.807, 2.05) is 13.8 Å². The Kier molecular flexibility index (Phi) is 3.73. The van der Waals surface area contributed by atoms with Crippen LogP contribution in [0.3, 0.4) is 0 Å². The van der Waals surface area contributed by atoms with Crippen molar-refractivity contribution in [3.05, 3.63) is 16.8 Å². The monoisotopic (exact) mass is 254 g/mol. The quantitative estimate of drug-likeness (QED) is 0.811. The molecular weight excluding hydrogens is 236 g/mol. The molecule has 5 nitrogen and oxygen atoms in total. The average molecular weight is 254 g/mol. The van der Waals surface area contributed by atoms with Crippen molar-refractivity contribution >= 4 is 16.6 Å². The van der Waals surface area contributed by atoms with E-state index in [1.54, 1.807) is 0 Å². The molecule has 1 aromatic heterocycles. The fourth-order valence-electron chi connectivity index (χ4n) is 1.99.